The Labute approximate surface area is 223 Å². The summed E-state index contributed by atoms with van der Waals surface area (Å²) in [6, 6.07) is 8.44. The van der Waals surface area contributed by atoms with E-state index in [4.69, 9.17) is 32.7 Å². The molecule has 1 aliphatic heterocycles. The van der Waals surface area contributed by atoms with E-state index in [1.807, 2.05) is 26.0 Å². The maximum Gasteiger partial charge on any atom is 0.331 e. The van der Waals surface area contributed by atoms with E-state index in [2.05, 4.69) is 14.9 Å². The summed E-state index contributed by atoms with van der Waals surface area (Å²) in [6.45, 7) is 5.95. The second kappa shape index (κ2) is 10.2. The molecule has 2 aromatic heterocycles. The van der Waals surface area contributed by atoms with Gasteiger partial charge in [-0.3, -0.25) is 13.9 Å². The van der Waals surface area contributed by atoms with Crippen molar-refractivity contribution in [2.24, 2.45) is 7.05 Å². The van der Waals surface area contributed by atoms with Gasteiger partial charge in [0.2, 0.25) is 5.28 Å². The molecule has 11 heteroatoms. The number of benzene rings is 2. The molecule has 194 valence electrons. The number of hydrogen-bond acceptors (Lipinski definition) is 7. The predicted molar refractivity (Wildman–Crippen MR) is 146 cm³/mol. The van der Waals surface area contributed by atoms with Crippen LogP contribution in [0.4, 0.5) is 5.82 Å². The number of anilines is 1. The maximum absolute atomic E-state index is 13.3. The summed E-state index contributed by atoms with van der Waals surface area (Å²) in [6.07, 6.45) is 1.17. The van der Waals surface area contributed by atoms with Gasteiger partial charge in [0.05, 0.1) is 29.6 Å². The zero-order chi connectivity index (χ0) is 26.3. The van der Waals surface area contributed by atoms with E-state index in [-0.39, 0.29) is 22.6 Å². The van der Waals surface area contributed by atoms with Gasteiger partial charge in [-0.15, -0.1) is 0 Å². The smallest absolute Gasteiger partial charge is 0.331 e. The highest BCUT2D eigenvalue weighted by Gasteiger charge is 2.27. The third-order valence-electron chi connectivity index (χ3n) is 6.70. The Morgan fingerprint density at radius 1 is 0.946 bits per heavy atom. The molecule has 3 heterocycles. The molecule has 37 heavy (non-hydrogen) atoms. The molecule has 5 rings (SSSR count). The molecule has 4 aromatic rings. The van der Waals surface area contributed by atoms with Crippen molar-refractivity contribution >= 4 is 50.8 Å². The molecule has 0 N–H and O–H groups in total. The molecule has 0 bridgehead atoms. The minimum Gasteiger partial charge on any atom is -0.490 e. The van der Waals surface area contributed by atoms with Crippen molar-refractivity contribution < 1.29 is 9.47 Å². The fraction of sp³-hybridized carbons (Fsp3) is 0.385. The minimum absolute atomic E-state index is 0.132. The van der Waals surface area contributed by atoms with Crippen LogP contribution >= 0.6 is 23.2 Å². The van der Waals surface area contributed by atoms with Crippen molar-refractivity contribution in [3.63, 3.8) is 0 Å². The van der Waals surface area contributed by atoms with Gasteiger partial charge in [-0.25, -0.2) is 9.78 Å². The molecule has 1 fully saturated rings. The second-order valence-electron chi connectivity index (χ2n) is 8.89. The van der Waals surface area contributed by atoms with E-state index in [0.717, 1.165) is 5.39 Å². The van der Waals surface area contributed by atoms with Crippen LogP contribution in [0.25, 0.3) is 21.8 Å². The number of fused-ring (bicyclic) bond motifs is 2. The number of aromatic nitrogens is 4. The molecule has 0 amide bonds. The number of aryl methyl sites for hydroxylation is 1. The van der Waals surface area contributed by atoms with Crippen LogP contribution in [0.15, 0.2) is 39.9 Å². The van der Waals surface area contributed by atoms with Gasteiger partial charge in [-0.05, 0) is 62.6 Å². The SMILES string of the molecule is CCOc1cc2nc(Cl)nc(N3CCC(n4c(=O)c5cc(Cl)ccc5n(C)c4=O)CC3)c2cc1OCC. The first-order valence-corrected chi connectivity index (χ1v) is 13.0. The van der Waals surface area contributed by atoms with Gasteiger partial charge in [-0.2, -0.15) is 4.98 Å². The third-order valence-corrected chi connectivity index (χ3v) is 7.11. The Morgan fingerprint density at radius 2 is 1.62 bits per heavy atom. The summed E-state index contributed by atoms with van der Waals surface area (Å²) >= 11 is 12.4. The van der Waals surface area contributed by atoms with Gasteiger partial charge in [0.1, 0.15) is 5.82 Å². The van der Waals surface area contributed by atoms with Gasteiger partial charge < -0.3 is 14.4 Å². The van der Waals surface area contributed by atoms with Crippen LogP contribution in [0.3, 0.4) is 0 Å². The van der Waals surface area contributed by atoms with Crippen LogP contribution in [-0.2, 0) is 7.05 Å². The summed E-state index contributed by atoms with van der Waals surface area (Å²) in [5.41, 5.74) is 0.560. The lowest BCUT2D eigenvalue weighted by molar-refractivity contribution is 0.288. The summed E-state index contributed by atoms with van der Waals surface area (Å²) < 4.78 is 14.4. The van der Waals surface area contributed by atoms with E-state index in [1.165, 1.54) is 9.13 Å². The number of halogens is 2. The molecule has 9 nitrogen and oxygen atoms in total. The summed E-state index contributed by atoms with van der Waals surface area (Å²) in [4.78, 5) is 37.5. The Kier molecular flexibility index (Phi) is 7.00. The molecular formula is C26H27Cl2N5O4. The molecule has 2 aromatic carbocycles. The third kappa shape index (κ3) is 4.62. The fourth-order valence-corrected chi connectivity index (χ4v) is 5.32. The van der Waals surface area contributed by atoms with Crippen LogP contribution in [0.1, 0.15) is 32.7 Å². The van der Waals surface area contributed by atoms with E-state index in [1.54, 1.807) is 25.2 Å². The van der Waals surface area contributed by atoms with Crippen molar-refractivity contribution in [3.05, 3.63) is 61.5 Å². The van der Waals surface area contributed by atoms with Crippen molar-refractivity contribution in [3.8, 4) is 11.5 Å². The fourth-order valence-electron chi connectivity index (χ4n) is 4.98. The van der Waals surface area contributed by atoms with E-state index >= 15 is 0 Å². The summed E-state index contributed by atoms with van der Waals surface area (Å²) in [7, 11) is 1.67. The first-order valence-electron chi connectivity index (χ1n) is 12.2. The van der Waals surface area contributed by atoms with Crippen molar-refractivity contribution in [1.82, 2.24) is 19.1 Å². The van der Waals surface area contributed by atoms with Gasteiger partial charge in [0.25, 0.3) is 5.56 Å². The lowest BCUT2D eigenvalue weighted by Crippen LogP contribution is -2.45. The summed E-state index contributed by atoms with van der Waals surface area (Å²) in [5, 5.41) is 1.81. The van der Waals surface area contributed by atoms with Gasteiger partial charge in [0.15, 0.2) is 11.5 Å². The van der Waals surface area contributed by atoms with Crippen molar-refractivity contribution in [2.45, 2.75) is 32.7 Å². The molecule has 1 saturated heterocycles. The lowest BCUT2D eigenvalue weighted by Gasteiger charge is -2.34. The number of piperidine rings is 1. The normalized spacial score (nSPS) is 14.5. The topological polar surface area (TPSA) is 91.5 Å². The van der Waals surface area contributed by atoms with Crippen LogP contribution in [0, 0.1) is 0 Å². The summed E-state index contributed by atoms with van der Waals surface area (Å²) in [5.74, 6) is 1.90. The minimum atomic E-state index is -0.335. The maximum atomic E-state index is 13.3. The van der Waals surface area contributed by atoms with Gasteiger partial charge in [0, 0.05) is 42.7 Å². The Hall–Kier alpha value is -3.30. The zero-order valence-electron chi connectivity index (χ0n) is 20.8. The quantitative estimate of drug-likeness (QED) is 0.328. The first-order chi connectivity index (χ1) is 17.8. The molecular weight excluding hydrogens is 517 g/mol. The molecule has 0 radical (unpaired) electrons. The van der Waals surface area contributed by atoms with Crippen LogP contribution in [0.2, 0.25) is 10.3 Å². The Morgan fingerprint density at radius 3 is 2.30 bits per heavy atom. The highest BCUT2D eigenvalue weighted by molar-refractivity contribution is 6.31. The monoisotopic (exact) mass is 543 g/mol. The number of hydrogen-bond donors (Lipinski definition) is 0. The highest BCUT2D eigenvalue weighted by Crippen LogP contribution is 2.37. The number of nitrogens with zero attached hydrogens (tertiary/aromatic N) is 5. The zero-order valence-corrected chi connectivity index (χ0v) is 22.3. The molecule has 0 aliphatic carbocycles. The Balaban J connectivity index is 1.50. The van der Waals surface area contributed by atoms with E-state index in [0.29, 0.717) is 77.9 Å². The van der Waals surface area contributed by atoms with Crippen LogP contribution in [0.5, 0.6) is 11.5 Å². The second-order valence-corrected chi connectivity index (χ2v) is 9.67. The van der Waals surface area contributed by atoms with Crippen molar-refractivity contribution in [1.29, 1.82) is 0 Å². The van der Waals surface area contributed by atoms with E-state index < -0.39 is 0 Å². The van der Waals surface area contributed by atoms with E-state index in [9.17, 15) is 9.59 Å². The van der Waals surface area contributed by atoms with Crippen molar-refractivity contribution in [2.75, 3.05) is 31.2 Å². The number of rotatable bonds is 6. The molecule has 0 atom stereocenters. The van der Waals surface area contributed by atoms with Gasteiger partial charge >= 0.3 is 5.69 Å². The standard InChI is InChI=1S/C26H27Cl2N5O4/c1-4-36-21-13-17-19(14-22(21)37-5-2)29-25(28)30-23(17)32-10-8-16(9-11-32)33-24(34)18-12-15(27)6-7-20(18)31(3)26(33)35/h6-7,12-14,16H,4-5,8-11H2,1-3H3. The lowest BCUT2D eigenvalue weighted by atomic mass is 10.0. The first kappa shape index (κ1) is 25.4. The average Bonchev–Trinajstić information content (AvgIpc) is 2.88. The molecule has 1 aliphatic rings. The predicted octanol–water partition coefficient (Wildman–Crippen LogP) is 4.59. The van der Waals surface area contributed by atoms with Gasteiger partial charge in [-0.1, -0.05) is 11.6 Å². The average molecular weight is 544 g/mol. The largest absolute Gasteiger partial charge is 0.490 e. The Bertz CT molecular complexity index is 1610. The molecule has 0 spiro atoms. The number of ether oxygens (including phenoxy) is 2. The molecule has 0 unspecified atom stereocenters. The molecule has 0 saturated carbocycles. The van der Waals surface area contributed by atoms with Crippen LogP contribution < -0.4 is 25.6 Å². The highest BCUT2D eigenvalue weighted by atomic mass is 35.5. The van der Waals surface area contributed by atoms with Crippen LogP contribution in [-0.4, -0.2) is 45.4 Å².